The van der Waals surface area contributed by atoms with Crippen LogP contribution >= 0.6 is 11.3 Å². The van der Waals surface area contributed by atoms with Gasteiger partial charge in [-0.1, -0.05) is 42.4 Å². The van der Waals surface area contributed by atoms with Gasteiger partial charge in [-0.05, 0) is 23.6 Å². The summed E-state index contributed by atoms with van der Waals surface area (Å²) in [5.74, 6) is -3.85. The van der Waals surface area contributed by atoms with Crippen molar-refractivity contribution in [3.05, 3.63) is 59.9 Å². The Balaban J connectivity index is 1.63. The fraction of sp³-hybridized carbons (Fsp3) is 0.211. The number of aromatic nitrogens is 1. The quantitative estimate of drug-likeness (QED) is 0.500. The summed E-state index contributed by atoms with van der Waals surface area (Å²) in [6.07, 6.45) is 0. The van der Waals surface area contributed by atoms with Crippen molar-refractivity contribution in [2.75, 3.05) is 0 Å². The van der Waals surface area contributed by atoms with E-state index in [1.165, 1.54) is 18.2 Å². The Morgan fingerprint density at radius 1 is 1.17 bits per heavy atom. The number of benzene rings is 1. The van der Waals surface area contributed by atoms with Crippen LogP contribution < -0.4 is 4.72 Å². The summed E-state index contributed by atoms with van der Waals surface area (Å²) in [4.78, 5) is 23.4. The molecule has 1 fully saturated rings. The monoisotopic (exact) mass is 448 g/mol. The standard InChI is InChI=1S/C19H16N2O7S2/c1-10-16(11-5-3-2-4-6-11)19(10,18(24)25)21-30(26,27)15-8-7-14(29-15)12-9-13(17(22)23)28-20-12/h2-10,16,21H,1H3,(H,22,23)(H,24,25)/t10-,16+,19+/m1/s1. The van der Waals surface area contributed by atoms with E-state index in [-0.39, 0.29) is 15.7 Å². The van der Waals surface area contributed by atoms with Gasteiger partial charge < -0.3 is 14.7 Å². The van der Waals surface area contributed by atoms with Crippen LogP contribution in [-0.4, -0.2) is 41.3 Å². The third-order valence-corrected chi connectivity index (χ3v) is 8.32. The zero-order valence-corrected chi connectivity index (χ0v) is 17.1. The molecule has 11 heteroatoms. The summed E-state index contributed by atoms with van der Waals surface area (Å²) in [5.41, 5.74) is -0.728. The van der Waals surface area contributed by atoms with Crippen LogP contribution in [0.4, 0.5) is 0 Å². The zero-order chi connectivity index (χ0) is 21.7. The van der Waals surface area contributed by atoms with E-state index in [0.717, 1.165) is 16.9 Å². The molecule has 3 N–H and O–H groups in total. The first-order valence-corrected chi connectivity index (χ1v) is 11.1. The van der Waals surface area contributed by atoms with Crippen LogP contribution in [0.1, 0.15) is 29.0 Å². The van der Waals surface area contributed by atoms with Crippen LogP contribution in [0.5, 0.6) is 0 Å². The molecule has 0 spiro atoms. The lowest BCUT2D eigenvalue weighted by atomic mass is 10.1. The Kier molecular flexibility index (Phi) is 4.76. The second-order valence-corrected chi connectivity index (χ2v) is 9.95. The Morgan fingerprint density at radius 2 is 1.87 bits per heavy atom. The SMILES string of the molecule is C[C@@H]1[C@@H](c2ccccc2)[C@]1(NS(=O)(=O)c1ccc(-c2cc(C(=O)O)on2)s1)C(=O)O. The van der Waals surface area contributed by atoms with E-state index in [4.69, 9.17) is 5.11 Å². The smallest absolute Gasteiger partial charge is 0.374 e. The van der Waals surface area contributed by atoms with E-state index in [0.29, 0.717) is 4.88 Å². The molecule has 1 aromatic carbocycles. The van der Waals surface area contributed by atoms with Crippen LogP contribution in [0, 0.1) is 5.92 Å². The Labute approximate surface area is 175 Å². The van der Waals surface area contributed by atoms with Crippen LogP contribution in [-0.2, 0) is 14.8 Å². The summed E-state index contributed by atoms with van der Waals surface area (Å²) in [7, 11) is -4.16. The number of thiophene rings is 1. The Morgan fingerprint density at radius 3 is 2.47 bits per heavy atom. The predicted octanol–water partition coefficient (Wildman–Crippen LogP) is 2.64. The fourth-order valence-corrected chi connectivity index (χ4v) is 6.38. The number of nitrogens with one attached hydrogen (secondary N) is 1. The highest BCUT2D eigenvalue weighted by Gasteiger charge is 2.70. The van der Waals surface area contributed by atoms with Crippen molar-refractivity contribution in [3.63, 3.8) is 0 Å². The van der Waals surface area contributed by atoms with Gasteiger partial charge in [0.15, 0.2) is 0 Å². The number of nitrogens with zero attached hydrogens (tertiary/aromatic N) is 1. The van der Waals surface area contributed by atoms with Gasteiger partial charge in [-0.15, -0.1) is 11.3 Å². The van der Waals surface area contributed by atoms with Crippen LogP contribution in [0.3, 0.4) is 0 Å². The number of hydrogen-bond acceptors (Lipinski definition) is 7. The predicted molar refractivity (Wildman–Crippen MR) is 106 cm³/mol. The molecular weight excluding hydrogens is 432 g/mol. The molecule has 9 nitrogen and oxygen atoms in total. The second-order valence-electron chi connectivity index (χ2n) is 6.96. The largest absolute Gasteiger partial charge is 0.480 e. The number of rotatable bonds is 7. The molecule has 1 aliphatic carbocycles. The van der Waals surface area contributed by atoms with Crippen molar-refractivity contribution in [2.45, 2.75) is 22.6 Å². The molecule has 0 unspecified atom stereocenters. The second kappa shape index (κ2) is 7.04. The lowest BCUT2D eigenvalue weighted by Gasteiger charge is -2.15. The summed E-state index contributed by atoms with van der Waals surface area (Å²) in [6.45, 7) is 1.69. The highest BCUT2D eigenvalue weighted by Crippen LogP contribution is 2.58. The van der Waals surface area contributed by atoms with E-state index in [1.54, 1.807) is 37.3 Å². The lowest BCUT2D eigenvalue weighted by molar-refractivity contribution is -0.140. The Hall–Kier alpha value is -3.02. The minimum Gasteiger partial charge on any atom is -0.480 e. The molecule has 30 heavy (non-hydrogen) atoms. The van der Waals surface area contributed by atoms with Gasteiger partial charge in [0.2, 0.25) is 5.76 Å². The van der Waals surface area contributed by atoms with Crippen LogP contribution in [0.15, 0.2) is 57.3 Å². The van der Waals surface area contributed by atoms with Crippen molar-refractivity contribution in [1.29, 1.82) is 0 Å². The van der Waals surface area contributed by atoms with Gasteiger partial charge in [-0.3, -0.25) is 4.79 Å². The normalized spacial score (nSPS) is 23.2. The van der Waals surface area contributed by atoms with Gasteiger partial charge >= 0.3 is 11.9 Å². The average molecular weight is 448 g/mol. The van der Waals surface area contributed by atoms with Crippen molar-refractivity contribution in [3.8, 4) is 10.6 Å². The molecule has 3 aromatic rings. The summed E-state index contributed by atoms with van der Waals surface area (Å²) in [6, 6.07) is 12.9. The summed E-state index contributed by atoms with van der Waals surface area (Å²) < 4.78 is 32.9. The number of carboxylic acids is 2. The van der Waals surface area contributed by atoms with Crippen molar-refractivity contribution < 1.29 is 32.7 Å². The van der Waals surface area contributed by atoms with Gasteiger partial charge in [0.1, 0.15) is 15.4 Å². The minimum absolute atomic E-state index is 0.107. The van der Waals surface area contributed by atoms with Gasteiger partial charge in [0, 0.05) is 12.0 Å². The molecule has 1 aliphatic rings. The molecule has 156 valence electrons. The maximum Gasteiger partial charge on any atom is 0.374 e. The number of sulfonamides is 1. The van der Waals surface area contributed by atoms with E-state index >= 15 is 0 Å². The molecule has 0 amide bonds. The number of hydrogen-bond donors (Lipinski definition) is 3. The maximum absolute atomic E-state index is 13.0. The molecule has 2 aromatic heterocycles. The average Bonchev–Trinajstić information content (AvgIpc) is 3.14. The summed E-state index contributed by atoms with van der Waals surface area (Å²) in [5, 5.41) is 22.4. The van der Waals surface area contributed by atoms with Crippen molar-refractivity contribution in [1.82, 2.24) is 9.88 Å². The van der Waals surface area contributed by atoms with E-state index < -0.39 is 39.3 Å². The molecule has 2 heterocycles. The number of aromatic carboxylic acids is 1. The fourth-order valence-electron chi connectivity index (χ4n) is 3.67. The van der Waals surface area contributed by atoms with Gasteiger partial charge in [-0.25, -0.2) is 13.2 Å². The van der Waals surface area contributed by atoms with E-state index in [9.17, 15) is 23.1 Å². The van der Waals surface area contributed by atoms with Crippen LogP contribution in [0.2, 0.25) is 0 Å². The first kappa shape index (κ1) is 20.3. The van der Waals surface area contributed by atoms with Crippen molar-refractivity contribution in [2.24, 2.45) is 5.92 Å². The highest BCUT2D eigenvalue weighted by molar-refractivity contribution is 7.91. The molecule has 4 rings (SSSR count). The van der Waals surface area contributed by atoms with Crippen molar-refractivity contribution >= 4 is 33.3 Å². The molecule has 0 aliphatic heterocycles. The van der Waals surface area contributed by atoms with Gasteiger partial charge in [0.05, 0.1) is 4.88 Å². The molecule has 0 bridgehead atoms. The first-order valence-electron chi connectivity index (χ1n) is 8.79. The van der Waals surface area contributed by atoms with Crippen LogP contribution in [0.25, 0.3) is 10.6 Å². The molecule has 0 saturated heterocycles. The minimum atomic E-state index is -4.16. The highest BCUT2D eigenvalue weighted by atomic mass is 32.2. The van der Waals surface area contributed by atoms with E-state index in [1.807, 2.05) is 0 Å². The maximum atomic E-state index is 13.0. The number of aliphatic carboxylic acids is 1. The zero-order valence-electron chi connectivity index (χ0n) is 15.5. The first-order chi connectivity index (χ1) is 14.2. The Bertz CT molecular complexity index is 1230. The molecular formula is C19H16N2O7S2. The molecule has 1 saturated carbocycles. The summed E-state index contributed by atoms with van der Waals surface area (Å²) >= 11 is 0.838. The van der Waals surface area contributed by atoms with E-state index in [2.05, 4.69) is 14.4 Å². The molecule has 0 radical (unpaired) electrons. The van der Waals surface area contributed by atoms with Gasteiger partial charge in [0.25, 0.3) is 10.0 Å². The molecule has 3 atom stereocenters. The third kappa shape index (κ3) is 3.20. The van der Waals surface area contributed by atoms with Gasteiger partial charge in [-0.2, -0.15) is 4.72 Å². The number of carboxylic acid groups (broad SMARTS) is 2. The number of carbonyl (C=O) groups is 2. The topological polar surface area (TPSA) is 147 Å². The lowest BCUT2D eigenvalue weighted by Crippen LogP contribution is -2.45. The third-order valence-electron chi connectivity index (χ3n) is 5.24.